The van der Waals surface area contributed by atoms with Crippen LogP contribution in [0.3, 0.4) is 0 Å². The molecule has 158 valence electrons. The minimum absolute atomic E-state index is 0. The number of nitrogens with zero attached hydrogens (tertiary/aromatic N) is 7. The van der Waals surface area contributed by atoms with Gasteiger partial charge in [-0.25, -0.2) is 4.98 Å². The first-order chi connectivity index (χ1) is 13.3. The molecule has 1 aromatic rings. The number of anilines is 1. The van der Waals surface area contributed by atoms with Crippen LogP contribution in [0.2, 0.25) is 0 Å². The first-order valence-corrected chi connectivity index (χ1v) is 11.1. The van der Waals surface area contributed by atoms with Crippen LogP contribution in [0.5, 0.6) is 0 Å². The van der Waals surface area contributed by atoms with Crippen LogP contribution in [0.15, 0.2) is 4.99 Å². The Balaban J connectivity index is 0.00000225. The highest BCUT2D eigenvalue weighted by Gasteiger charge is 2.31. The predicted molar refractivity (Wildman–Crippen MR) is 126 cm³/mol. The monoisotopic (exact) mass is 520 g/mol. The van der Waals surface area contributed by atoms with Gasteiger partial charge in [0.2, 0.25) is 5.13 Å². The summed E-state index contributed by atoms with van der Waals surface area (Å²) >= 11 is 1.53. The van der Waals surface area contributed by atoms with Gasteiger partial charge in [0.1, 0.15) is 5.82 Å². The third-order valence-corrected chi connectivity index (χ3v) is 6.62. The summed E-state index contributed by atoms with van der Waals surface area (Å²) in [4.78, 5) is 19.6. The Morgan fingerprint density at radius 2 is 1.86 bits per heavy atom. The fraction of sp³-hybridized carbons (Fsp3) is 0.833. The number of fused-ring (bicyclic) bond motifs is 3. The summed E-state index contributed by atoms with van der Waals surface area (Å²) < 4.78 is 4.42. The summed E-state index contributed by atoms with van der Waals surface area (Å²) in [5.74, 6) is 2.03. The summed E-state index contributed by atoms with van der Waals surface area (Å²) in [6.07, 6.45) is 0.906. The zero-order chi connectivity index (χ0) is 18.6. The highest BCUT2D eigenvalue weighted by atomic mass is 127. The maximum atomic E-state index is 5.01. The lowest BCUT2D eigenvalue weighted by Gasteiger charge is -2.47. The van der Waals surface area contributed by atoms with Gasteiger partial charge in [-0.05, 0) is 6.92 Å². The molecule has 5 rings (SSSR count). The van der Waals surface area contributed by atoms with E-state index in [1.54, 1.807) is 0 Å². The predicted octanol–water partition coefficient (Wildman–Crippen LogP) is 0.806. The van der Waals surface area contributed by atoms with E-state index in [1.807, 2.05) is 0 Å². The van der Waals surface area contributed by atoms with E-state index in [2.05, 4.69) is 48.1 Å². The van der Waals surface area contributed by atoms with E-state index in [-0.39, 0.29) is 24.0 Å². The molecule has 4 fully saturated rings. The number of hydrogen-bond donors (Lipinski definition) is 1. The first kappa shape index (κ1) is 22.0. The molecular formula is C18H33IN8S. The van der Waals surface area contributed by atoms with Crippen LogP contribution in [0.25, 0.3) is 0 Å². The van der Waals surface area contributed by atoms with Gasteiger partial charge in [0.05, 0.1) is 6.54 Å². The van der Waals surface area contributed by atoms with Crippen LogP contribution in [0.1, 0.15) is 19.7 Å². The lowest BCUT2D eigenvalue weighted by atomic mass is 10.1. The third-order valence-electron chi connectivity index (χ3n) is 5.80. The fourth-order valence-electron chi connectivity index (χ4n) is 4.14. The molecule has 8 nitrogen and oxygen atoms in total. The first-order valence-electron chi connectivity index (χ1n) is 10.3. The molecule has 0 aromatic carbocycles. The van der Waals surface area contributed by atoms with Gasteiger partial charge in [0, 0.05) is 89.4 Å². The second-order valence-corrected chi connectivity index (χ2v) is 8.24. The number of rotatable bonds is 5. The van der Waals surface area contributed by atoms with Crippen molar-refractivity contribution in [3.63, 3.8) is 0 Å². The van der Waals surface area contributed by atoms with Crippen LogP contribution in [0, 0.1) is 0 Å². The second-order valence-electron chi connectivity index (χ2n) is 7.51. The average Bonchev–Trinajstić information content (AvgIpc) is 3.21. The number of aromatic nitrogens is 2. The SMILES string of the molecule is CCNC(=NCC1CN2CCN1CC2)N1CCN(c2nc(CC)ns2)CC1.I. The molecule has 1 atom stereocenters. The quantitative estimate of drug-likeness (QED) is 0.350. The zero-order valence-corrected chi connectivity index (χ0v) is 20.2. The van der Waals surface area contributed by atoms with Crippen molar-refractivity contribution in [1.29, 1.82) is 0 Å². The van der Waals surface area contributed by atoms with Gasteiger partial charge >= 0.3 is 0 Å². The summed E-state index contributed by atoms with van der Waals surface area (Å²) in [7, 11) is 0. The van der Waals surface area contributed by atoms with Gasteiger partial charge in [0.15, 0.2) is 5.96 Å². The number of hydrogen-bond acceptors (Lipinski definition) is 7. The van der Waals surface area contributed by atoms with Crippen molar-refractivity contribution < 1.29 is 0 Å². The van der Waals surface area contributed by atoms with E-state index in [0.717, 1.165) is 62.6 Å². The minimum Gasteiger partial charge on any atom is -0.357 e. The van der Waals surface area contributed by atoms with Crippen molar-refractivity contribution in [2.24, 2.45) is 4.99 Å². The molecule has 0 aliphatic carbocycles. The van der Waals surface area contributed by atoms with Crippen LogP contribution in [-0.2, 0) is 6.42 Å². The van der Waals surface area contributed by atoms with E-state index < -0.39 is 0 Å². The Labute approximate surface area is 189 Å². The van der Waals surface area contributed by atoms with Crippen molar-refractivity contribution in [1.82, 2.24) is 29.4 Å². The van der Waals surface area contributed by atoms with Crippen LogP contribution in [-0.4, -0.2) is 108 Å². The average molecular weight is 520 g/mol. The highest BCUT2D eigenvalue weighted by molar-refractivity contribution is 14.0. The smallest absolute Gasteiger partial charge is 0.205 e. The number of guanidine groups is 1. The van der Waals surface area contributed by atoms with Crippen molar-refractivity contribution in [2.75, 3.05) is 76.9 Å². The van der Waals surface area contributed by atoms with Gasteiger partial charge in [-0.15, -0.1) is 24.0 Å². The van der Waals surface area contributed by atoms with Gasteiger partial charge in [0.25, 0.3) is 0 Å². The number of nitrogens with one attached hydrogen (secondary N) is 1. The maximum Gasteiger partial charge on any atom is 0.205 e. The van der Waals surface area contributed by atoms with Gasteiger partial charge < -0.3 is 15.1 Å². The van der Waals surface area contributed by atoms with Crippen molar-refractivity contribution in [3.8, 4) is 0 Å². The molecule has 10 heteroatoms. The van der Waals surface area contributed by atoms with Crippen molar-refractivity contribution >= 4 is 46.6 Å². The largest absolute Gasteiger partial charge is 0.357 e. The Hall–Kier alpha value is -0.720. The lowest BCUT2D eigenvalue weighted by Crippen LogP contribution is -2.62. The van der Waals surface area contributed by atoms with E-state index >= 15 is 0 Å². The molecular weight excluding hydrogens is 487 g/mol. The summed E-state index contributed by atoms with van der Waals surface area (Å²) in [5, 5.41) is 4.57. The molecule has 4 aliphatic rings. The molecule has 5 heterocycles. The minimum atomic E-state index is 0. The molecule has 0 saturated carbocycles. The van der Waals surface area contributed by atoms with E-state index in [9.17, 15) is 0 Å². The van der Waals surface area contributed by atoms with Crippen LogP contribution < -0.4 is 10.2 Å². The number of piperazine rings is 4. The molecule has 0 spiro atoms. The van der Waals surface area contributed by atoms with Gasteiger partial charge in [-0.3, -0.25) is 14.8 Å². The summed E-state index contributed by atoms with van der Waals surface area (Å²) in [6, 6.07) is 0.580. The maximum absolute atomic E-state index is 5.01. The Morgan fingerprint density at radius 1 is 1.11 bits per heavy atom. The molecule has 0 radical (unpaired) electrons. The summed E-state index contributed by atoms with van der Waals surface area (Å²) in [6.45, 7) is 16.0. The molecule has 1 aromatic heterocycles. The van der Waals surface area contributed by atoms with Crippen molar-refractivity contribution in [3.05, 3.63) is 5.82 Å². The normalized spacial score (nSPS) is 27.6. The lowest BCUT2D eigenvalue weighted by molar-refractivity contribution is 0.0173. The number of aliphatic imine (C=N–C) groups is 1. The molecule has 1 N–H and O–H groups in total. The molecule has 1 unspecified atom stereocenters. The molecule has 0 amide bonds. The third kappa shape index (κ3) is 5.06. The number of aryl methyl sites for hydroxylation is 1. The molecule has 4 saturated heterocycles. The van der Waals surface area contributed by atoms with Gasteiger partial charge in [-0.1, -0.05) is 6.92 Å². The standard InChI is InChI=1S/C18H32N8S.HI/c1-3-16-21-18(27-22-16)26-11-9-25(10-12-26)17(19-4-2)20-13-15-14-23-5-7-24(15)8-6-23;/h15H,3-14H2,1-2H3,(H,19,20);1H. The van der Waals surface area contributed by atoms with E-state index in [1.165, 1.54) is 44.3 Å². The zero-order valence-electron chi connectivity index (χ0n) is 17.0. The molecule has 28 heavy (non-hydrogen) atoms. The highest BCUT2D eigenvalue weighted by Crippen LogP contribution is 2.20. The van der Waals surface area contributed by atoms with E-state index in [4.69, 9.17) is 4.99 Å². The Morgan fingerprint density at radius 3 is 2.43 bits per heavy atom. The number of halogens is 1. The Kier molecular flexibility index (Phi) is 8.12. The van der Waals surface area contributed by atoms with E-state index in [0.29, 0.717) is 6.04 Å². The van der Waals surface area contributed by atoms with Crippen LogP contribution in [0.4, 0.5) is 5.13 Å². The van der Waals surface area contributed by atoms with Crippen LogP contribution >= 0.6 is 35.5 Å². The molecule has 2 bridgehead atoms. The van der Waals surface area contributed by atoms with Crippen molar-refractivity contribution in [2.45, 2.75) is 26.3 Å². The summed E-state index contributed by atoms with van der Waals surface area (Å²) in [5.41, 5.74) is 0. The second kappa shape index (κ2) is 10.4. The Bertz CT molecular complexity index is 637. The van der Waals surface area contributed by atoms with Gasteiger partial charge in [-0.2, -0.15) is 4.37 Å². The topological polar surface area (TPSA) is 63.1 Å². The molecule has 4 aliphatic heterocycles. The fourth-order valence-corrected chi connectivity index (χ4v) is 4.94.